The number of nitrogens with one attached hydrogen (secondary N) is 1. The van der Waals surface area contributed by atoms with Crippen LogP contribution < -0.4 is 5.32 Å². The van der Waals surface area contributed by atoms with Gasteiger partial charge in [0.1, 0.15) is 0 Å². The van der Waals surface area contributed by atoms with Crippen molar-refractivity contribution in [3.8, 4) is 0 Å². The summed E-state index contributed by atoms with van der Waals surface area (Å²) in [6.07, 6.45) is 0.986. The first-order chi connectivity index (χ1) is 9.21. The lowest BCUT2D eigenvalue weighted by atomic mass is 10.2. The van der Waals surface area contributed by atoms with E-state index in [9.17, 15) is 0 Å². The molecule has 7 heteroatoms. The van der Waals surface area contributed by atoms with Gasteiger partial charge in [0.15, 0.2) is 0 Å². The quantitative estimate of drug-likeness (QED) is 0.758. The summed E-state index contributed by atoms with van der Waals surface area (Å²) in [7, 11) is 11.5. The molecular formula is C13H28N6O. The third-order valence-electron chi connectivity index (χ3n) is 3.12. The van der Waals surface area contributed by atoms with E-state index in [2.05, 4.69) is 29.1 Å². The van der Waals surface area contributed by atoms with Crippen LogP contribution in [0, 0.1) is 0 Å². The van der Waals surface area contributed by atoms with Crippen molar-refractivity contribution in [2.24, 2.45) is 9.98 Å². The lowest BCUT2D eigenvalue weighted by Crippen LogP contribution is -2.63. The summed E-state index contributed by atoms with van der Waals surface area (Å²) in [5, 5.41) is 3.43. The molecule has 0 radical (unpaired) electrons. The molecule has 1 aliphatic heterocycles. The molecule has 7 nitrogen and oxygen atoms in total. The molecule has 1 heterocycles. The maximum absolute atomic E-state index is 6.03. The minimum absolute atomic E-state index is 0.270. The van der Waals surface area contributed by atoms with E-state index in [0.717, 1.165) is 6.42 Å². The van der Waals surface area contributed by atoms with Gasteiger partial charge in [0.25, 0.3) is 6.02 Å². The second kappa shape index (κ2) is 6.41. The van der Waals surface area contributed by atoms with E-state index in [0.29, 0.717) is 12.0 Å². The minimum atomic E-state index is -0.934. The molecule has 0 saturated heterocycles. The zero-order valence-electron chi connectivity index (χ0n) is 13.9. The summed E-state index contributed by atoms with van der Waals surface area (Å²) in [6.45, 7) is 4.24. The first-order valence-corrected chi connectivity index (χ1v) is 6.89. The maximum Gasteiger partial charge on any atom is 0.329 e. The summed E-state index contributed by atoms with van der Waals surface area (Å²) < 4.78 is 6.03. The largest absolute Gasteiger partial charge is 0.408 e. The molecule has 0 spiro atoms. The number of nitrogens with zero attached hydrogens (tertiary/aromatic N) is 5. The Hall–Kier alpha value is -1.34. The van der Waals surface area contributed by atoms with Gasteiger partial charge >= 0.3 is 5.97 Å². The molecule has 0 fully saturated rings. The summed E-state index contributed by atoms with van der Waals surface area (Å²) in [5.41, 5.74) is 0. The summed E-state index contributed by atoms with van der Waals surface area (Å²) in [4.78, 5) is 14.7. The van der Waals surface area contributed by atoms with Crippen molar-refractivity contribution in [3.05, 3.63) is 0 Å². The van der Waals surface area contributed by atoms with Crippen LogP contribution in [0.5, 0.6) is 0 Å². The number of aliphatic imine (C=N–C) groups is 2. The number of hydrogen-bond acceptors (Lipinski definition) is 7. The number of ether oxygens (including phenoxy) is 1. The van der Waals surface area contributed by atoms with Gasteiger partial charge in [0, 0.05) is 34.2 Å². The van der Waals surface area contributed by atoms with Gasteiger partial charge in [0.05, 0.1) is 0 Å². The lowest BCUT2D eigenvalue weighted by Gasteiger charge is -2.41. The Morgan fingerprint density at radius 3 is 2.15 bits per heavy atom. The van der Waals surface area contributed by atoms with Crippen molar-refractivity contribution >= 4 is 12.0 Å². The van der Waals surface area contributed by atoms with Crippen LogP contribution >= 0.6 is 0 Å². The molecule has 116 valence electrons. The zero-order valence-corrected chi connectivity index (χ0v) is 13.9. The zero-order chi connectivity index (χ0) is 15.5. The predicted octanol–water partition coefficient (Wildman–Crippen LogP) is 0.413. The molecule has 0 aromatic rings. The van der Waals surface area contributed by atoms with Crippen LogP contribution in [-0.4, -0.2) is 81.0 Å². The van der Waals surface area contributed by atoms with Gasteiger partial charge in [-0.25, -0.2) is 10.2 Å². The Bertz CT molecular complexity index is 390. The average Bonchev–Trinajstić information content (AvgIpc) is 2.37. The summed E-state index contributed by atoms with van der Waals surface area (Å²) >= 11 is 0. The molecule has 1 aliphatic rings. The van der Waals surface area contributed by atoms with Gasteiger partial charge in [-0.2, -0.15) is 9.98 Å². The van der Waals surface area contributed by atoms with Crippen molar-refractivity contribution in [3.63, 3.8) is 0 Å². The van der Waals surface area contributed by atoms with Gasteiger partial charge in [0.2, 0.25) is 5.96 Å². The maximum atomic E-state index is 6.03. The summed E-state index contributed by atoms with van der Waals surface area (Å²) in [6, 6.07) is 0.805. The van der Waals surface area contributed by atoms with Crippen molar-refractivity contribution in [1.29, 1.82) is 0 Å². The Labute approximate surface area is 122 Å². The fourth-order valence-electron chi connectivity index (χ4n) is 1.62. The highest BCUT2D eigenvalue weighted by Crippen LogP contribution is 2.20. The van der Waals surface area contributed by atoms with Gasteiger partial charge < -0.3 is 14.5 Å². The van der Waals surface area contributed by atoms with Crippen LogP contribution in [0.4, 0.5) is 0 Å². The van der Waals surface area contributed by atoms with E-state index >= 15 is 0 Å². The number of rotatable bonds is 4. The van der Waals surface area contributed by atoms with Gasteiger partial charge in [-0.05, 0) is 27.4 Å². The normalized spacial score (nSPS) is 23.9. The molecule has 2 unspecified atom stereocenters. The third kappa shape index (κ3) is 3.61. The van der Waals surface area contributed by atoms with Crippen LogP contribution in [0.15, 0.2) is 9.98 Å². The molecule has 1 rings (SSSR count). The van der Waals surface area contributed by atoms with E-state index in [1.165, 1.54) is 0 Å². The lowest BCUT2D eigenvalue weighted by molar-refractivity contribution is -0.107. The highest BCUT2D eigenvalue weighted by Gasteiger charge is 2.41. The molecule has 2 atom stereocenters. The fraction of sp³-hybridized carbons (Fsp3) is 0.846. The molecule has 0 aromatic carbocycles. The van der Waals surface area contributed by atoms with E-state index in [1.807, 2.05) is 57.0 Å². The SMILES string of the molecule is CCC(C)NC1(N(C)C)N=C(N(C)C)N=C(N(C)C)O1. The first kappa shape index (κ1) is 16.7. The fourth-order valence-corrected chi connectivity index (χ4v) is 1.62. The van der Waals surface area contributed by atoms with Crippen molar-refractivity contribution in [2.75, 3.05) is 42.3 Å². The van der Waals surface area contributed by atoms with Crippen LogP contribution in [0.2, 0.25) is 0 Å². The Balaban J connectivity index is 3.20. The second-order valence-electron chi connectivity index (χ2n) is 5.65. The number of amidine groups is 1. The van der Waals surface area contributed by atoms with Gasteiger partial charge in [-0.3, -0.25) is 0 Å². The highest BCUT2D eigenvalue weighted by atomic mass is 16.6. The monoisotopic (exact) mass is 284 g/mol. The predicted molar refractivity (Wildman–Crippen MR) is 82.6 cm³/mol. The highest BCUT2D eigenvalue weighted by molar-refractivity contribution is 5.93. The molecule has 0 bridgehead atoms. The van der Waals surface area contributed by atoms with E-state index in [1.54, 1.807) is 0 Å². The van der Waals surface area contributed by atoms with Crippen LogP contribution in [0.1, 0.15) is 20.3 Å². The van der Waals surface area contributed by atoms with Crippen LogP contribution in [0.25, 0.3) is 0 Å². The molecule has 0 aromatic heterocycles. The van der Waals surface area contributed by atoms with Crippen LogP contribution in [-0.2, 0) is 4.74 Å². The molecular weight excluding hydrogens is 256 g/mol. The number of hydrogen-bond donors (Lipinski definition) is 1. The average molecular weight is 284 g/mol. The van der Waals surface area contributed by atoms with Crippen LogP contribution in [0.3, 0.4) is 0 Å². The van der Waals surface area contributed by atoms with E-state index in [4.69, 9.17) is 4.74 Å². The number of guanidine groups is 1. The molecule has 1 N–H and O–H groups in total. The molecule has 0 saturated carbocycles. The molecule has 0 aliphatic carbocycles. The van der Waals surface area contributed by atoms with E-state index < -0.39 is 5.97 Å². The molecule has 0 amide bonds. The Morgan fingerprint density at radius 2 is 1.75 bits per heavy atom. The van der Waals surface area contributed by atoms with Crippen molar-refractivity contribution in [2.45, 2.75) is 32.3 Å². The second-order valence-corrected chi connectivity index (χ2v) is 5.65. The first-order valence-electron chi connectivity index (χ1n) is 6.89. The van der Waals surface area contributed by atoms with Crippen molar-refractivity contribution < 1.29 is 4.74 Å². The Morgan fingerprint density at radius 1 is 1.15 bits per heavy atom. The molecule has 20 heavy (non-hydrogen) atoms. The Kier molecular flexibility index (Phi) is 5.35. The third-order valence-corrected chi connectivity index (χ3v) is 3.12. The van der Waals surface area contributed by atoms with Gasteiger partial charge in [-0.1, -0.05) is 6.92 Å². The van der Waals surface area contributed by atoms with Crippen molar-refractivity contribution in [1.82, 2.24) is 20.0 Å². The van der Waals surface area contributed by atoms with E-state index in [-0.39, 0.29) is 6.04 Å². The standard InChI is InChI=1S/C13H28N6O/c1-9-10(2)15-13(19(7)8)16-11(17(3)4)14-12(20-13)18(5)6/h10,15H,9H2,1-8H3. The smallest absolute Gasteiger partial charge is 0.329 e. The minimum Gasteiger partial charge on any atom is -0.408 e. The van der Waals surface area contributed by atoms with Gasteiger partial charge in [-0.15, -0.1) is 0 Å². The summed E-state index contributed by atoms with van der Waals surface area (Å²) in [5.74, 6) is -0.305. The topological polar surface area (TPSA) is 55.7 Å².